The van der Waals surface area contributed by atoms with E-state index in [0.717, 1.165) is 43.4 Å². The fourth-order valence-corrected chi connectivity index (χ4v) is 5.33. The van der Waals surface area contributed by atoms with Gasteiger partial charge >= 0.3 is 0 Å². The summed E-state index contributed by atoms with van der Waals surface area (Å²) in [6.45, 7) is 0. The fourth-order valence-electron chi connectivity index (χ4n) is 2.68. The van der Waals surface area contributed by atoms with Crippen molar-refractivity contribution >= 4 is 34.4 Å². The largest absolute Gasteiger partial charge is 0.493 e. The molecular formula is C21H18N2O2S3. The molecule has 142 valence electrons. The van der Waals surface area contributed by atoms with Crippen molar-refractivity contribution in [1.82, 2.24) is 9.97 Å². The molecule has 7 heteroatoms. The highest BCUT2D eigenvalue weighted by Crippen LogP contribution is 2.35. The van der Waals surface area contributed by atoms with Gasteiger partial charge in [0, 0.05) is 27.6 Å². The van der Waals surface area contributed by atoms with E-state index < -0.39 is 0 Å². The molecule has 0 N–H and O–H groups in total. The zero-order valence-electron chi connectivity index (χ0n) is 15.4. The van der Waals surface area contributed by atoms with Crippen LogP contribution in [-0.2, 0) is 5.75 Å². The lowest BCUT2D eigenvalue weighted by Gasteiger charge is -2.08. The minimum Gasteiger partial charge on any atom is -0.493 e. The van der Waals surface area contributed by atoms with Gasteiger partial charge in [-0.3, -0.25) is 0 Å². The summed E-state index contributed by atoms with van der Waals surface area (Å²) in [5.41, 5.74) is 4.25. The Morgan fingerprint density at radius 2 is 1.68 bits per heavy atom. The summed E-state index contributed by atoms with van der Waals surface area (Å²) >= 11 is 5.03. The minimum atomic E-state index is 0.711. The van der Waals surface area contributed by atoms with Gasteiger partial charge in [-0.25, -0.2) is 9.97 Å². The Labute approximate surface area is 176 Å². The first-order chi connectivity index (χ1) is 13.8. The van der Waals surface area contributed by atoms with Crippen LogP contribution in [0.2, 0.25) is 0 Å². The number of nitrogens with zero attached hydrogens (tertiary/aromatic N) is 2. The van der Waals surface area contributed by atoms with Crippen molar-refractivity contribution in [3.05, 3.63) is 65.0 Å². The SMILES string of the molecule is COc1ccc(-c2nc(CSc3nc(-c4ccccc4)cs3)cs2)cc1OC. The lowest BCUT2D eigenvalue weighted by Crippen LogP contribution is -1.90. The van der Waals surface area contributed by atoms with Crippen LogP contribution in [0.4, 0.5) is 0 Å². The molecule has 2 heterocycles. The maximum absolute atomic E-state index is 5.39. The summed E-state index contributed by atoms with van der Waals surface area (Å²) in [5.74, 6) is 2.23. The quantitative estimate of drug-likeness (QED) is 0.327. The Hall–Kier alpha value is -2.35. The lowest BCUT2D eigenvalue weighted by atomic mass is 10.2. The van der Waals surface area contributed by atoms with Crippen molar-refractivity contribution in [2.75, 3.05) is 14.2 Å². The number of hydrogen-bond acceptors (Lipinski definition) is 7. The van der Waals surface area contributed by atoms with Crippen LogP contribution in [0.3, 0.4) is 0 Å². The van der Waals surface area contributed by atoms with Crippen molar-refractivity contribution in [3.8, 4) is 33.3 Å². The number of thiazole rings is 2. The van der Waals surface area contributed by atoms with Crippen molar-refractivity contribution in [3.63, 3.8) is 0 Å². The summed E-state index contributed by atoms with van der Waals surface area (Å²) in [5, 5.41) is 5.18. The van der Waals surface area contributed by atoms with E-state index in [1.54, 1.807) is 48.7 Å². The van der Waals surface area contributed by atoms with E-state index in [4.69, 9.17) is 19.4 Å². The molecule has 0 aliphatic carbocycles. The van der Waals surface area contributed by atoms with E-state index in [-0.39, 0.29) is 0 Å². The Bertz CT molecular complexity index is 1060. The fraction of sp³-hybridized carbons (Fsp3) is 0.143. The Morgan fingerprint density at radius 3 is 2.46 bits per heavy atom. The molecule has 28 heavy (non-hydrogen) atoms. The molecule has 0 atom stereocenters. The summed E-state index contributed by atoms with van der Waals surface area (Å²) in [6.07, 6.45) is 0. The first-order valence-corrected chi connectivity index (χ1v) is 11.3. The summed E-state index contributed by atoms with van der Waals surface area (Å²) in [6, 6.07) is 16.1. The molecular weight excluding hydrogens is 408 g/mol. The average Bonchev–Trinajstić information content (AvgIpc) is 3.42. The van der Waals surface area contributed by atoms with Gasteiger partial charge < -0.3 is 9.47 Å². The van der Waals surface area contributed by atoms with E-state index in [1.165, 1.54) is 0 Å². The number of hydrogen-bond donors (Lipinski definition) is 0. The molecule has 0 aliphatic heterocycles. The molecule has 4 aromatic rings. The van der Waals surface area contributed by atoms with E-state index in [2.05, 4.69) is 22.9 Å². The normalized spacial score (nSPS) is 10.8. The zero-order valence-corrected chi connectivity index (χ0v) is 17.9. The molecule has 2 aromatic carbocycles. The maximum atomic E-state index is 5.39. The molecule has 0 bridgehead atoms. The number of methoxy groups -OCH3 is 2. The predicted octanol–water partition coefficient (Wildman–Crippen LogP) is 6.24. The highest BCUT2D eigenvalue weighted by atomic mass is 32.2. The van der Waals surface area contributed by atoms with Crippen LogP contribution in [0, 0.1) is 0 Å². The molecule has 0 saturated heterocycles. The van der Waals surface area contributed by atoms with E-state index >= 15 is 0 Å². The van der Waals surface area contributed by atoms with Gasteiger partial charge in [0.1, 0.15) is 5.01 Å². The van der Waals surface area contributed by atoms with E-state index in [9.17, 15) is 0 Å². The van der Waals surface area contributed by atoms with Crippen molar-refractivity contribution < 1.29 is 9.47 Å². The van der Waals surface area contributed by atoms with Gasteiger partial charge in [0.2, 0.25) is 0 Å². The van der Waals surface area contributed by atoms with Crippen molar-refractivity contribution in [2.45, 2.75) is 10.1 Å². The third-order valence-electron chi connectivity index (χ3n) is 4.08. The van der Waals surface area contributed by atoms with Gasteiger partial charge in [0.15, 0.2) is 15.8 Å². The second kappa shape index (κ2) is 8.77. The van der Waals surface area contributed by atoms with Gasteiger partial charge in [-0.1, -0.05) is 42.1 Å². The molecule has 0 amide bonds. The monoisotopic (exact) mass is 426 g/mol. The Balaban J connectivity index is 1.44. The number of ether oxygens (including phenoxy) is 2. The molecule has 0 fully saturated rings. The minimum absolute atomic E-state index is 0.711. The van der Waals surface area contributed by atoms with Crippen molar-refractivity contribution in [1.29, 1.82) is 0 Å². The molecule has 0 aliphatic rings. The van der Waals surface area contributed by atoms with Gasteiger partial charge in [-0.2, -0.15) is 0 Å². The smallest absolute Gasteiger partial charge is 0.161 e. The number of benzene rings is 2. The Morgan fingerprint density at radius 1 is 0.857 bits per heavy atom. The highest BCUT2D eigenvalue weighted by molar-refractivity contribution is 8.00. The predicted molar refractivity (Wildman–Crippen MR) is 118 cm³/mol. The van der Waals surface area contributed by atoms with Crippen LogP contribution >= 0.6 is 34.4 Å². The molecule has 0 saturated carbocycles. The standard InChI is InChI=1S/C21H18N2O2S3/c1-24-18-9-8-15(10-19(18)25-2)20-22-16(11-26-20)12-27-21-23-17(13-28-21)14-6-4-3-5-7-14/h3-11,13H,12H2,1-2H3. The first-order valence-electron chi connectivity index (χ1n) is 8.57. The van der Waals surface area contributed by atoms with E-state index in [0.29, 0.717) is 5.75 Å². The second-order valence-electron chi connectivity index (χ2n) is 5.87. The van der Waals surface area contributed by atoms with Gasteiger partial charge in [0.05, 0.1) is 25.6 Å². The van der Waals surface area contributed by atoms with Gasteiger partial charge in [-0.05, 0) is 18.2 Å². The molecule has 4 nitrogen and oxygen atoms in total. The van der Waals surface area contributed by atoms with Crippen LogP contribution in [0.25, 0.3) is 21.8 Å². The van der Waals surface area contributed by atoms with Crippen molar-refractivity contribution in [2.24, 2.45) is 0 Å². The summed E-state index contributed by atoms with van der Waals surface area (Å²) < 4.78 is 11.7. The van der Waals surface area contributed by atoms with Crippen LogP contribution in [0.15, 0.2) is 63.6 Å². The number of rotatable bonds is 7. The molecule has 4 rings (SSSR count). The molecule has 0 radical (unpaired) electrons. The van der Waals surface area contributed by atoms with Gasteiger partial charge in [-0.15, -0.1) is 22.7 Å². The van der Waals surface area contributed by atoms with Gasteiger partial charge in [0.25, 0.3) is 0 Å². The number of thioether (sulfide) groups is 1. The molecule has 0 spiro atoms. The molecule has 2 aromatic heterocycles. The van der Waals surface area contributed by atoms with Crippen LogP contribution < -0.4 is 9.47 Å². The highest BCUT2D eigenvalue weighted by Gasteiger charge is 2.11. The van der Waals surface area contributed by atoms with Crippen LogP contribution in [0.1, 0.15) is 5.69 Å². The van der Waals surface area contributed by atoms with Crippen LogP contribution in [-0.4, -0.2) is 24.2 Å². The zero-order chi connectivity index (χ0) is 19.3. The average molecular weight is 427 g/mol. The third-order valence-corrected chi connectivity index (χ3v) is 7.07. The lowest BCUT2D eigenvalue weighted by molar-refractivity contribution is 0.355. The number of aromatic nitrogens is 2. The Kier molecular flexibility index (Phi) is 5.95. The maximum Gasteiger partial charge on any atom is 0.161 e. The topological polar surface area (TPSA) is 44.2 Å². The third kappa shape index (κ3) is 4.22. The second-order valence-corrected chi connectivity index (χ2v) is 8.81. The van der Waals surface area contributed by atoms with Crippen LogP contribution in [0.5, 0.6) is 11.5 Å². The summed E-state index contributed by atoms with van der Waals surface area (Å²) in [7, 11) is 3.28. The van der Waals surface area contributed by atoms with E-state index in [1.807, 2.05) is 36.4 Å². The summed E-state index contributed by atoms with van der Waals surface area (Å²) in [4.78, 5) is 9.50. The molecule has 0 unspecified atom stereocenters. The first kappa shape index (κ1) is 19.0.